The van der Waals surface area contributed by atoms with Crippen molar-refractivity contribution in [3.8, 4) is 0 Å². The second kappa shape index (κ2) is 8.71. The molecule has 0 saturated carbocycles. The summed E-state index contributed by atoms with van der Waals surface area (Å²) in [4.78, 5) is 5.90. The fourth-order valence-corrected chi connectivity index (χ4v) is 4.48. The lowest BCUT2D eigenvalue weighted by molar-refractivity contribution is 0.171. The number of aromatic nitrogens is 1. The van der Waals surface area contributed by atoms with Crippen molar-refractivity contribution in [3.63, 3.8) is 0 Å². The first-order valence-corrected chi connectivity index (χ1v) is 10.3. The van der Waals surface area contributed by atoms with E-state index in [1.165, 1.54) is 62.5 Å². The summed E-state index contributed by atoms with van der Waals surface area (Å²) in [6, 6.07) is 15.9. The summed E-state index contributed by atoms with van der Waals surface area (Å²) in [5.41, 5.74) is 3.74. The van der Waals surface area contributed by atoms with Gasteiger partial charge in [-0.1, -0.05) is 30.3 Å². The fourth-order valence-electron chi connectivity index (χ4n) is 4.48. The van der Waals surface area contributed by atoms with Gasteiger partial charge in [0.05, 0.1) is 0 Å². The third-order valence-corrected chi connectivity index (χ3v) is 5.87. The lowest BCUT2D eigenvalue weighted by Gasteiger charge is -2.32. The number of fused-ring (bicyclic) bond motifs is 1. The zero-order valence-electron chi connectivity index (χ0n) is 16.0. The number of nitrogens with zero attached hydrogens (tertiary/aromatic N) is 1. The molecule has 1 N–H and O–H groups in total. The first kappa shape index (κ1) is 18.2. The third-order valence-electron chi connectivity index (χ3n) is 5.87. The zero-order chi connectivity index (χ0) is 18.5. The molecule has 1 aliphatic rings. The van der Waals surface area contributed by atoms with Gasteiger partial charge in [0.2, 0.25) is 0 Å². The van der Waals surface area contributed by atoms with Crippen LogP contribution in [0.1, 0.15) is 36.8 Å². The van der Waals surface area contributed by atoms with E-state index in [4.69, 9.17) is 0 Å². The number of rotatable bonds is 7. The van der Waals surface area contributed by atoms with Gasteiger partial charge in [-0.3, -0.25) is 0 Å². The van der Waals surface area contributed by atoms with Crippen LogP contribution in [0.5, 0.6) is 0 Å². The van der Waals surface area contributed by atoms with Crippen LogP contribution in [0, 0.1) is 11.7 Å². The number of piperidine rings is 1. The molecule has 1 saturated heterocycles. The minimum Gasteiger partial charge on any atom is -0.361 e. The first-order valence-electron chi connectivity index (χ1n) is 10.3. The Labute approximate surface area is 161 Å². The van der Waals surface area contributed by atoms with Gasteiger partial charge in [-0.15, -0.1) is 0 Å². The molecule has 0 radical (unpaired) electrons. The van der Waals surface area contributed by atoms with Gasteiger partial charge >= 0.3 is 0 Å². The standard InChI is InChI=1S/C24H29FN2/c25-22-11-12-24-23(16-22)21(17-26-24)10-4-5-13-27-14-6-9-20(18-27)15-19-7-2-1-3-8-19/h1-3,7-8,11-12,16-17,20,26H,4-6,9-10,13-15,18H2. The van der Waals surface area contributed by atoms with Crippen LogP contribution in [0.4, 0.5) is 4.39 Å². The van der Waals surface area contributed by atoms with Crippen molar-refractivity contribution in [2.45, 2.75) is 38.5 Å². The van der Waals surface area contributed by atoms with E-state index in [1.54, 1.807) is 6.07 Å². The highest BCUT2D eigenvalue weighted by Gasteiger charge is 2.19. The summed E-state index contributed by atoms with van der Waals surface area (Å²) in [7, 11) is 0. The molecule has 3 aromatic rings. The second-order valence-corrected chi connectivity index (χ2v) is 7.96. The lowest BCUT2D eigenvalue weighted by Crippen LogP contribution is -2.36. The highest BCUT2D eigenvalue weighted by atomic mass is 19.1. The summed E-state index contributed by atoms with van der Waals surface area (Å²) in [5, 5.41) is 1.04. The number of hydrogen-bond acceptors (Lipinski definition) is 1. The molecule has 0 spiro atoms. The Kier molecular flexibility index (Phi) is 5.88. The van der Waals surface area contributed by atoms with Gasteiger partial charge in [-0.25, -0.2) is 4.39 Å². The molecule has 1 aliphatic heterocycles. The molecule has 2 aromatic carbocycles. The van der Waals surface area contributed by atoms with E-state index in [9.17, 15) is 4.39 Å². The van der Waals surface area contributed by atoms with Crippen molar-refractivity contribution >= 4 is 10.9 Å². The molecule has 27 heavy (non-hydrogen) atoms. The van der Waals surface area contributed by atoms with Crippen molar-refractivity contribution in [2.24, 2.45) is 5.92 Å². The smallest absolute Gasteiger partial charge is 0.123 e. The third kappa shape index (κ3) is 4.78. The van der Waals surface area contributed by atoms with Gasteiger partial charge in [0.1, 0.15) is 5.82 Å². The number of nitrogens with one attached hydrogen (secondary N) is 1. The van der Waals surface area contributed by atoms with Crippen LogP contribution in [0.3, 0.4) is 0 Å². The normalized spacial score (nSPS) is 18.2. The predicted molar refractivity (Wildman–Crippen MR) is 111 cm³/mol. The van der Waals surface area contributed by atoms with Gasteiger partial charge in [0.25, 0.3) is 0 Å². The van der Waals surface area contributed by atoms with E-state index in [0.717, 1.165) is 29.7 Å². The molecule has 0 amide bonds. The summed E-state index contributed by atoms with van der Waals surface area (Å²) in [6.45, 7) is 3.65. The van der Waals surface area contributed by atoms with Crippen LogP contribution in [-0.4, -0.2) is 29.5 Å². The van der Waals surface area contributed by atoms with Gasteiger partial charge < -0.3 is 9.88 Å². The van der Waals surface area contributed by atoms with Gasteiger partial charge in [-0.05, 0) is 86.9 Å². The molecule has 4 rings (SSSR count). The van der Waals surface area contributed by atoms with Crippen LogP contribution in [0.2, 0.25) is 0 Å². The Balaban J connectivity index is 1.23. The van der Waals surface area contributed by atoms with Crippen LogP contribution in [-0.2, 0) is 12.8 Å². The number of unbranched alkanes of at least 4 members (excludes halogenated alkanes) is 1. The Morgan fingerprint density at radius 3 is 2.85 bits per heavy atom. The Hall–Kier alpha value is -2.13. The zero-order valence-corrected chi connectivity index (χ0v) is 16.0. The molecule has 142 valence electrons. The summed E-state index contributed by atoms with van der Waals surface area (Å²) < 4.78 is 13.5. The Bertz CT molecular complexity index is 855. The number of halogens is 1. The largest absolute Gasteiger partial charge is 0.361 e. The number of aromatic amines is 1. The second-order valence-electron chi connectivity index (χ2n) is 7.96. The maximum atomic E-state index is 13.5. The summed E-state index contributed by atoms with van der Waals surface area (Å²) in [6.07, 6.45) is 9.30. The van der Waals surface area contributed by atoms with Crippen LogP contribution >= 0.6 is 0 Å². The van der Waals surface area contributed by atoms with Crippen LogP contribution in [0.15, 0.2) is 54.7 Å². The Morgan fingerprint density at radius 2 is 1.96 bits per heavy atom. The van der Waals surface area contributed by atoms with Crippen molar-refractivity contribution in [1.29, 1.82) is 0 Å². The molecule has 1 unspecified atom stereocenters. The van der Waals surface area contributed by atoms with E-state index in [1.807, 2.05) is 12.3 Å². The molecular weight excluding hydrogens is 335 g/mol. The van der Waals surface area contributed by atoms with Crippen molar-refractivity contribution < 1.29 is 4.39 Å². The number of likely N-dealkylation sites (tertiary alicyclic amines) is 1. The molecule has 3 heteroatoms. The van der Waals surface area contributed by atoms with E-state index in [0.29, 0.717) is 0 Å². The first-order chi connectivity index (χ1) is 13.3. The molecular formula is C24H29FN2. The summed E-state index contributed by atoms with van der Waals surface area (Å²) >= 11 is 0. The average molecular weight is 365 g/mol. The minimum atomic E-state index is -0.152. The number of hydrogen-bond donors (Lipinski definition) is 1. The molecule has 0 bridgehead atoms. The monoisotopic (exact) mass is 364 g/mol. The fraction of sp³-hybridized carbons (Fsp3) is 0.417. The summed E-state index contributed by atoms with van der Waals surface area (Å²) in [5.74, 6) is 0.638. The molecule has 2 heterocycles. The maximum Gasteiger partial charge on any atom is 0.123 e. The van der Waals surface area contributed by atoms with Crippen molar-refractivity contribution in [3.05, 3.63) is 71.7 Å². The highest BCUT2D eigenvalue weighted by Crippen LogP contribution is 2.23. The van der Waals surface area contributed by atoms with Crippen LogP contribution < -0.4 is 0 Å². The van der Waals surface area contributed by atoms with Gasteiger partial charge in [0, 0.05) is 23.6 Å². The van der Waals surface area contributed by atoms with Crippen molar-refractivity contribution in [2.75, 3.05) is 19.6 Å². The van der Waals surface area contributed by atoms with Crippen LogP contribution in [0.25, 0.3) is 10.9 Å². The van der Waals surface area contributed by atoms with E-state index >= 15 is 0 Å². The van der Waals surface area contributed by atoms with E-state index in [2.05, 4.69) is 40.2 Å². The highest BCUT2D eigenvalue weighted by molar-refractivity contribution is 5.83. The maximum absolute atomic E-state index is 13.5. The Morgan fingerprint density at radius 1 is 1.07 bits per heavy atom. The average Bonchev–Trinajstić information content (AvgIpc) is 3.08. The predicted octanol–water partition coefficient (Wildman–Crippen LogP) is 5.58. The van der Waals surface area contributed by atoms with E-state index < -0.39 is 0 Å². The molecule has 2 nitrogen and oxygen atoms in total. The number of benzene rings is 2. The quantitative estimate of drug-likeness (QED) is 0.542. The molecule has 0 aliphatic carbocycles. The topological polar surface area (TPSA) is 19.0 Å². The minimum absolute atomic E-state index is 0.152. The number of aryl methyl sites for hydroxylation is 1. The lowest BCUT2D eigenvalue weighted by atomic mass is 9.91. The van der Waals surface area contributed by atoms with Gasteiger partial charge in [-0.2, -0.15) is 0 Å². The molecule has 1 atom stereocenters. The SMILES string of the molecule is Fc1ccc2[nH]cc(CCCCN3CCCC(Cc4ccccc4)C3)c2c1. The molecule has 1 fully saturated rings. The number of H-pyrrole nitrogens is 1. The van der Waals surface area contributed by atoms with E-state index in [-0.39, 0.29) is 5.82 Å². The van der Waals surface area contributed by atoms with Gasteiger partial charge in [0.15, 0.2) is 0 Å². The van der Waals surface area contributed by atoms with Crippen molar-refractivity contribution in [1.82, 2.24) is 9.88 Å². The molecule has 1 aromatic heterocycles.